The van der Waals surface area contributed by atoms with Crippen molar-refractivity contribution in [3.8, 4) is 0 Å². The van der Waals surface area contributed by atoms with E-state index in [0.717, 1.165) is 22.8 Å². The van der Waals surface area contributed by atoms with Crippen molar-refractivity contribution >= 4 is 46.4 Å². The first-order valence-corrected chi connectivity index (χ1v) is 8.07. The number of thioether (sulfide) groups is 1. The van der Waals surface area contributed by atoms with Crippen molar-refractivity contribution in [2.45, 2.75) is 12.2 Å². The van der Waals surface area contributed by atoms with E-state index in [-0.39, 0.29) is 5.91 Å². The van der Waals surface area contributed by atoms with Crippen molar-refractivity contribution in [3.63, 3.8) is 0 Å². The third kappa shape index (κ3) is 2.91. The highest BCUT2D eigenvalue weighted by molar-refractivity contribution is 7.98. The summed E-state index contributed by atoms with van der Waals surface area (Å²) in [6.07, 6.45) is 1.05. The lowest BCUT2D eigenvalue weighted by Gasteiger charge is -2.08. The summed E-state index contributed by atoms with van der Waals surface area (Å²) >= 11 is 9.12. The molecule has 1 N–H and O–H groups in total. The Morgan fingerprint density at radius 3 is 3.00 bits per heavy atom. The molecule has 0 saturated heterocycles. The van der Waals surface area contributed by atoms with Crippen molar-refractivity contribution in [2.24, 2.45) is 0 Å². The number of nitrogens with one attached hydrogen (secondary N) is 1. The second-order valence-electron chi connectivity index (χ2n) is 4.06. The van der Waals surface area contributed by atoms with Crippen molar-refractivity contribution in [3.05, 3.63) is 38.7 Å². The number of carbonyl (C=O) groups excluding carboxylic acids is 1. The minimum absolute atomic E-state index is 0.138. The SMILES string of the molecule is O=C(Nc1ccc(Cl)nn1)c1cc2c(s1)CCSC2. The van der Waals surface area contributed by atoms with E-state index in [2.05, 4.69) is 15.5 Å². The van der Waals surface area contributed by atoms with E-state index >= 15 is 0 Å². The zero-order valence-corrected chi connectivity index (χ0v) is 12.2. The molecule has 0 fully saturated rings. The molecule has 0 atom stereocenters. The first-order chi connectivity index (χ1) is 9.22. The number of carbonyl (C=O) groups is 1. The lowest BCUT2D eigenvalue weighted by atomic mass is 10.2. The molecule has 2 aromatic rings. The second kappa shape index (κ2) is 5.48. The molecule has 19 heavy (non-hydrogen) atoms. The molecule has 2 aromatic heterocycles. The number of fused-ring (bicyclic) bond motifs is 1. The number of anilines is 1. The highest BCUT2D eigenvalue weighted by atomic mass is 35.5. The van der Waals surface area contributed by atoms with Gasteiger partial charge in [0.05, 0.1) is 4.88 Å². The lowest BCUT2D eigenvalue weighted by molar-refractivity contribution is 0.103. The average molecular weight is 312 g/mol. The van der Waals surface area contributed by atoms with Gasteiger partial charge in [0.2, 0.25) is 0 Å². The molecule has 0 spiro atoms. The molecule has 98 valence electrons. The van der Waals surface area contributed by atoms with E-state index < -0.39 is 0 Å². The molecule has 1 amide bonds. The number of hydrogen-bond donors (Lipinski definition) is 1. The minimum Gasteiger partial charge on any atom is -0.304 e. The maximum atomic E-state index is 12.1. The maximum absolute atomic E-state index is 12.1. The Hall–Kier alpha value is -1.11. The van der Waals surface area contributed by atoms with Crippen LogP contribution in [-0.2, 0) is 12.2 Å². The summed E-state index contributed by atoms with van der Waals surface area (Å²) in [7, 11) is 0. The Morgan fingerprint density at radius 2 is 2.26 bits per heavy atom. The first-order valence-electron chi connectivity index (χ1n) is 5.72. The molecule has 0 aliphatic carbocycles. The lowest BCUT2D eigenvalue weighted by Crippen LogP contribution is -2.11. The third-order valence-corrected chi connectivity index (χ3v) is 5.17. The number of nitrogens with zero attached hydrogens (tertiary/aromatic N) is 2. The van der Waals surface area contributed by atoms with Crippen LogP contribution in [0.3, 0.4) is 0 Å². The van der Waals surface area contributed by atoms with Gasteiger partial charge >= 0.3 is 0 Å². The van der Waals surface area contributed by atoms with Crippen LogP contribution in [-0.4, -0.2) is 21.9 Å². The van der Waals surface area contributed by atoms with Gasteiger partial charge in [0.15, 0.2) is 11.0 Å². The number of amides is 1. The molecule has 3 heterocycles. The van der Waals surface area contributed by atoms with Gasteiger partial charge in [-0.1, -0.05) is 11.6 Å². The predicted octanol–water partition coefficient (Wildman–Crippen LogP) is 3.23. The van der Waals surface area contributed by atoms with E-state index in [0.29, 0.717) is 11.0 Å². The molecule has 1 aliphatic rings. The topological polar surface area (TPSA) is 54.9 Å². The van der Waals surface area contributed by atoms with E-state index in [1.54, 1.807) is 23.5 Å². The normalized spacial score (nSPS) is 13.9. The van der Waals surface area contributed by atoms with Crippen LogP contribution in [0, 0.1) is 0 Å². The van der Waals surface area contributed by atoms with Gasteiger partial charge in [0, 0.05) is 10.6 Å². The van der Waals surface area contributed by atoms with Crippen molar-refractivity contribution in [1.82, 2.24) is 10.2 Å². The standard InChI is InChI=1S/C12H10ClN3OS2/c13-10-1-2-11(16-15-10)14-12(17)9-5-7-6-18-4-3-8(7)19-9/h1-2,5H,3-4,6H2,(H,14,16,17). The van der Waals surface area contributed by atoms with Gasteiger partial charge in [0.1, 0.15) is 0 Å². The molecular formula is C12H10ClN3OS2. The molecular weight excluding hydrogens is 302 g/mol. The summed E-state index contributed by atoms with van der Waals surface area (Å²) < 4.78 is 0. The molecule has 0 radical (unpaired) electrons. The van der Waals surface area contributed by atoms with Gasteiger partial charge in [-0.15, -0.1) is 21.5 Å². The summed E-state index contributed by atoms with van der Waals surface area (Å²) in [6.45, 7) is 0. The zero-order chi connectivity index (χ0) is 13.2. The Bertz CT molecular complexity index is 588. The maximum Gasteiger partial charge on any atom is 0.266 e. The van der Waals surface area contributed by atoms with Crippen molar-refractivity contribution in [1.29, 1.82) is 0 Å². The van der Waals surface area contributed by atoms with Gasteiger partial charge in [-0.25, -0.2) is 0 Å². The number of halogens is 1. The fourth-order valence-corrected chi connectivity index (χ4v) is 4.19. The highest BCUT2D eigenvalue weighted by Crippen LogP contribution is 2.31. The smallest absolute Gasteiger partial charge is 0.266 e. The molecule has 4 nitrogen and oxygen atoms in total. The Labute approximate surface area is 123 Å². The van der Waals surface area contributed by atoms with Crippen LogP contribution in [0.4, 0.5) is 5.82 Å². The predicted molar refractivity (Wildman–Crippen MR) is 79.2 cm³/mol. The fraction of sp³-hybridized carbons (Fsp3) is 0.250. The van der Waals surface area contributed by atoms with Crippen LogP contribution in [0.2, 0.25) is 5.15 Å². The largest absolute Gasteiger partial charge is 0.304 e. The Balaban J connectivity index is 1.76. The molecule has 0 saturated carbocycles. The molecule has 0 bridgehead atoms. The van der Waals surface area contributed by atoms with Crippen LogP contribution < -0.4 is 5.32 Å². The number of rotatable bonds is 2. The van der Waals surface area contributed by atoms with Gasteiger partial charge in [-0.3, -0.25) is 4.79 Å². The summed E-state index contributed by atoms with van der Waals surface area (Å²) in [4.78, 5) is 14.2. The van der Waals surface area contributed by atoms with Crippen molar-refractivity contribution in [2.75, 3.05) is 11.1 Å². The summed E-state index contributed by atoms with van der Waals surface area (Å²) in [5.41, 5.74) is 1.29. The van der Waals surface area contributed by atoms with E-state index in [9.17, 15) is 4.79 Å². The van der Waals surface area contributed by atoms with Crippen LogP contribution in [0.1, 0.15) is 20.1 Å². The Kier molecular flexibility index (Phi) is 3.72. The van der Waals surface area contributed by atoms with Gasteiger partial charge < -0.3 is 5.32 Å². The fourth-order valence-electron chi connectivity index (χ4n) is 1.82. The van der Waals surface area contributed by atoms with E-state index in [1.165, 1.54) is 10.4 Å². The zero-order valence-electron chi connectivity index (χ0n) is 9.85. The molecule has 0 aromatic carbocycles. The van der Waals surface area contributed by atoms with Crippen LogP contribution in [0.15, 0.2) is 18.2 Å². The van der Waals surface area contributed by atoms with Crippen LogP contribution >= 0.6 is 34.7 Å². The molecule has 1 aliphatic heterocycles. The summed E-state index contributed by atoms with van der Waals surface area (Å²) in [6, 6.07) is 5.21. The highest BCUT2D eigenvalue weighted by Gasteiger charge is 2.17. The summed E-state index contributed by atoms with van der Waals surface area (Å²) in [5, 5.41) is 10.5. The van der Waals surface area contributed by atoms with E-state index in [1.807, 2.05) is 17.8 Å². The average Bonchev–Trinajstić information content (AvgIpc) is 2.85. The summed E-state index contributed by atoms with van der Waals surface area (Å²) in [5.74, 6) is 2.41. The number of aryl methyl sites for hydroxylation is 1. The van der Waals surface area contributed by atoms with Gasteiger partial charge in [-0.2, -0.15) is 11.8 Å². The van der Waals surface area contributed by atoms with Crippen LogP contribution in [0.5, 0.6) is 0 Å². The van der Waals surface area contributed by atoms with Gasteiger partial charge in [0.25, 0.3) is 5.91 Å². The van der Waals surface area contributed by atoms with Crippen molar-refractivity contribution < 1.29 is 4.79 Å². The quantitative estimate of drug-likeness (QED) is 0.925. The first kappa shape index (κ1) is 12.9. The minimum atomic E-state index is -0.138. The molecule has 7 heteroatoms. The third-order valence-electron chi connectivity index (χ3n) is 2.73. The van der Waals surface area contributed by atoms with Gasteiger partial charge in [-0.05, 0) is 35.9 Å². The number of thiophene rings is 1. The van der Waals surface area contributed by atoms with Crippen LogP contribution in [0.25, 0.3) is 0 Å². The monoisotopic (exact) mass is 311 g/mol. The molecule has 3 rings (SSSR count). The number of aromatic nitrogens is 2. The molecule has 0 unspecified atom stereocenters. The second-order valence-corrected chi connectivity index (χ2v) is 6.69. The van der Waals surface area contributed by atoms with E-state index in [4.69, 9.17) is 11.6 Å². The number of hydrogen-bond acceptors (Lipinski definition) is 5. The Morgan fingerprint density at radius 1 is 1.37 bits per heavy atom.